The van der Waals surface area contributed by atoms with Crippen LogP contribution in [0.15, 0.2) is 24.3 Å². The molecule has 0 fully saturated rings. The van der Waals surface area contributed by atoms with Crippen molar-refractivity contribution in [2.75, 3.05) is 27.3 Å². The molecule has 0 unspecified atom stereocenters. The van der Waals surface area contributed by atoms with Crippen LogP contribution in [-0.4, -0.2) is 50.7 Å². The van der Waals surface area contributed by atoms with Crippen LogP contribution >= 0.6 is 0 Å². The van der Waals surface area contributed by atoms with E-state index < -0.39 is 6.61 Å². The van der Waals surface area contributed by atoms with E-state index in [1.165, 1.54) is 38.5 Å². The van der Waals surface area contributed by atoms with Crippen LogP contribution in [0.4, 0.5) is 8.78 Å². The van der Waals surface area contributed by atoms with E-state index in [0.29, 0.717) is 12.1 Å². The summed E-state index contributed by atoms with van der Waals surface area (Å²) in [5, 5.41) is 0. The van der Waals surface area contributed by atoms with Crippen LogP contribution in [0, 0.1) is 5.92 Å². The fraction of sp³-hybridized carbons (Fsp3) is 0.474. The summed E-state index contributed by atoms with van der Waals surface area (Å²) in [5.41, 5.74) is 0.583. The number of rotatable bonds is 10. The van der Waals surface area contributed by atoms with Crippen molar-refractivity contribution in [2.24, 2.45) is 5.92 Å². The number of benzene rings is 1. The normalized spacial score (nSPS) is 11.1. The number of carbonyl (C=O) groups is 2. The zero-order valence-electron chi connectivity index (χ0n) is 15.9. The molecule has 0 bridgehead atoms. The zero-order chi connectivity index (χ0) is 20.4. The predicted octanol–water partition coefficient (Wildman–Crippen LogP) is 3.36. The van der Waals surface area contributed by atoms with Gasteiger partial charge in [0, 0.05) is 19.2 Å². The van der Waals surface area contributed by atoms with E-state index in [1.807, 2.05) is 13.8 Å². The van der Waals surface area contributed by atoms with Gasteiger partial charge in [-0.05, 0) is 29.7 Å². The standard InChI is InChI=1S/C19H25F2NO5/c1-13(2)12-22(10-9-18(24)26-4)17(23)8-6-14-5-7-15(27-19(20)21)16(11-14)25-3/h5-8,11,13,19H,9-10,12H2,1-4H3. The van der Waals surface area contributed by atoms with Crippen LogP contribution in [0.2, 0.25) is 0 Å². The molecular weight excluding hydrogens is 360 g/mol. The first-order valence-corrected chi connectivity index (χ1v) is 8.43. The summed E-state index contributed by atoms with van der Waals surface area (Å²) in [6.45, 7) is 1.72. The summed E-state index contributed by atoms with van der Waals surface area (Å²) in [6.07, 6.45) is 3.01. The molecule has 27 heavy (non-hydrogen) atoms. The topological polar surface area (TPSA) is 65.1 Å². The number of alkyl halides is 2. The third-order valence-electron chi connectivity index (χ3n) is 3.53. The molecule has 150 valence electrons. The van der Waals surface area contributed by atoms with Crippen LogP contribution in [0.1, 0.15) is 25.8 Å². The number of nitrogens with zero attached hydrogens (tertiary/aromatic N) is 1. The minimum absolute atomic E-state index is 0.0875. The molecule has 0 radical (unpaired) electrons. The van der Waals surface area contributed by atoms with Crippen molar-refractivity contribution in [3.05, 3.63) is 29.8 Å². The summed E-state index contributed by atoms with van der Waals surface area (Å²) in [7, 11) is 2.63. The molecule has 1 amide bonds. The number of hydrogen-bond acceptors (Lipinski definition) is 5. The van der Waals surface area contributed by atoms with Crippen LogP contribution in [-0.2, 0) is 14.3 Å². The molecule has 0 aliphatic carbocycles. The first-order valence-electron chi connectivity index (χ1n) is 8.43. The highest BCUT2D eigenvalue weighted by Gasteiger charge is 2.15. The second-order valence-corrected chi connectivity index (χ2v) is 6.13. The lowest BCUT2D eigenvalue weighted by atomic mass is 10.1. The maximum atomic E-state index is 12.5. The Balaban J connectivity index is 2.87. The van der Waals surface area contributed by atoms with Gasteiger partial charge in [-0.15, -0.1) is 0 Å². The monoisotopic (exact) mass is 385 g/mol. The van der Waals surface area contributed by atoms with Gasteiger partial charge in [-0.25, -0.2) is 0 Å². The minimum Gasteiger partial charge on any atom is -0.493 e. The Bertz CT molecular complexity index is 662. The molecule has 1 aromatic rings. The minimum atomic E-state index is -2.96. The lowest BCUT2D eigenvalue weighted by Crippen LogP contribution is -2.34. The van der Waals surface area contributed by atoms with Gasteiger partial charge in [0.25, 0.3) is 0 Å². The highest BCUT2D eigenvalue weighted by molar-refractivity contribution is 5.92. The Hall–Kier alpha value is -2.64. The Morgan fingerprint density at radius 2 is 1.89 bits per heavy atom. The average Bonchev–Trinajstić information content (AvgIpc) is 2.62. The van der Waals surface area contributed by atoms with E-state index in [1.54, 1.807) is 11.0 Å². The molecular formula is C19H25F2NO5. The van der Waals surface area contributed by atoms with Crippen molar-refractivity contribution >= 4 is 18.0 Å². The van der Waals surface area contributed by atoms with Gasteiger partial charge in [-0.1, -0.05) is 19.9 Å². The van der Waals surface area contributed by atoms with Crippen LogP contribution in [0.5, 0.6) is 11.5 Å². The third kappa shape index (κ3) is 8.06. The summed E-state index contributed by atoms with van der Waals surface area (Å²) < 4.78 is 38.7. The second-order valence-electron chi connectivity index (χ2n) is 6.13. The fourth-order valence-corrected chi connectivity index (χ4v) is 2.31. The van der Waals surface area contributed by atoms with Gasteiger partial charge >= 0.3 is 12.6 Å². The smallest absolute Gasteiger partial charge is 0.387 e. The Labute approximate surface area is 157 Å². The van der Waals surface area contributed by atoms with Crippen molar-refractivity contribution < 1.29 is 32.6 Å². The molecule has 0 aliphatic rings. The van der Waals surface area contributed by atoms with E-state index in [0.717, 1.165) is 0 Å². The lowest BCUT2D eigenvalue weighted by molar-refractivity contribution is -0.141. The Morgan fingerprint density at radius 3 is 2.44 bits per heavy atom. The van der Waals surface area contributed by atoms with Gasteiger partial charge in [0.15, 0.2) is 11.5 Å². The molecule has 0 atom stereocenters. The van der Waals surface area contributed by atoms with E-state index >= 15 is 0 Å². The molecule has 1 aromatic carbocycles. The SMILES string of the molecule is COC(=O)CCN(CC(C)C)C(=O)C=Cc1ccc(OC(F)F)c(OC)c1. The predicted molar refractivity (Wildman–Crippen MR) is 96.7 cm³/mol. The van der Waals surface area contributed by atoms with E-state index in [-0.39, 0.29) is 42.3 Å². The molecule has 0 saturated heterocycles. The van der Waals surface area contributed by atoms with Crippen LogP contribution in [0.3, 0.4) is 0 Å². The van der Waals surface area contributed by atoms with E-state index in [9.17, 15) is 18.4 Å². The highest BCUT2D eigenvalue weighted by Crippen LogP contribution is 2.29. The van der Waals surface area contributed by atoms with Crippen molar-refractivity contribution in [2.45, 2.75) is 26.9 Å². The Kier molecular flexibility index (Phi) is 9.25. The maximum Gasteiger partial charge on any atom is 0.387 e. The first kappa shape index (κ1) is 22.4. The van der Waals surface area contributed by atoms with Gasteiger partial charge in [0.05, 0.1) is 20.6 Å². The largest absolute Gasteiger partial charge is 0.493 e. The number of amides is 1. The summed E-state index contributed by atoms with van der Waals surface area (Å²) in [5.74, 6) is -0.379. The lowest BCUT2D eigenvalue weighted by Gasteiger charge is -2.22. The molecule has 0 spiro atoms. The van der Waals surface area contributed by atoms with Gasteiger partial charge in [0.1, 0.15) is 0 Å². The van der Waals surface area contributed by atoms with Gasteiger partial charge in [-0.3, -0.25) is 9.59 Å². The highest BCUT2D eigenvalue weighted by atomic mass is 19.3. The molecule has 8 heteroatoms. The Morgan fingerprint density at radius 1 is 1.19 bits per heavy atom. The van der Waals surface area contributed by atoms with Crippen LogP contribution < -0.4 is 9.47 Å². The molecule has 0 heterocycles. The molecule has 0 aromatic heterocycles. The third-order valence-corrected chi connectivity index (χ3v) is 3.53. The van der Waals surface area contributed by atoms with Gasteiger partial charge < -0.3 is 19.1 Å². The van der Waals surface area contributed by atoms with E-state index in [4.69, 9.17) is 4.74 Å². The molecule has 1 rings (SSSR count). The first-order chi connectivity index (χ1) is 12.8. The molecule has 0 saturated carbocycles. The summed E-state index contributed by atoms with van der Waals surface area (Å²) in [6, 6.07) is 4.37. The number of halogens is 2. The number of methoxy groups -OCH3 is 2. The number of esters is 1. The van der Waals surface area contributed by atoms with Crippen LogP contribution in [0.25, 0.3) is 6.08 Å². The number of carbonyl (C=O) groups excluding carboxylic acids is 2. The van der Waals surface area contributed by atoms with E-state index in [2.05, 4.69) is 9.47 Å². The fourth-order valence-electron chi connectivity index (χ4n) is 2.31. The van der Waals surface area contributed by atoms with Crippen molar-refractivity contribution in [1.29, 1.82) is 0 Å². The molecule has 0 N–H and O–H groups in total. The average molecular weight is 385 g/mol. The van der Waals surface area contributed by atoms with Crippen molar-refractivity contribution in [3.63, 3.8) is 0 Å². The maximum absolute atomic E-state index is 12.5. The van der Waals surface area contributed by atoms with Crippen molar-refractivity contribution in [3.8, 4) is 11.5 Å². The van der Waals surface area contributed by atoms with Gasteiger partial charge in [-0.2, -0.15) is 8.78 Å². The molecule has 0 aliphatic heterocycles. The summed E-state index contributed by atoms with van der Waals surface area (Å²) >= 11 is 0. The van der Waals surface area contributed by atoms with Crippen molar-refractivity contribution in [1.82, 2.24) is 4.90 Å². The number of hydrogen-bond donors (Lipinski definition) is 0. The molecule has 6 nitrogen and oxygen atoms in total. The second kappa shape index (κ2) is 11.2. The number of ether oxygens (including phenoxy) is 3. The quantitative estimate of drug-likeness (QED) is 0.456. The van der Waals surface area contributed by atoms with Gasteiger partial charge in [0.2, 0.25) is 5.91 Å². The zero-order valence-corrected chi connectivity index (χ0v) is 15.9. The summed E-state index contributed by atoms with van der Waals surface area (Å²) in [4.78, 5) is 25.3.